The third-order valence-electron chi connectivity index (χ3n) is 2.48. The molecule has 0 aliphatic rings. The van der Waals surface area contributed by atoms with Gasteiger partial charge in [-0.3, -0.25) is 9.80 Å². The maximum atomic E-state index is 11.7. The second-order valence-corrected chi connectivity index (χ2v) is 4.23. The summed E-state index contributed by atoms with van der Waals surface area (Å²) in [4.78, 5) is 15.7. The fraction of sp³-hybridized carbons (Fsp3) is 0.400. The summed E-state index contributed by atoms with van der Waals surface area (Å²) in [6, 6.07) is -0.207. The number of urea groups is 1. The normalized spacial score (nSPS) is 10.1. The Balaban J connectivity index is 4.01. The molecule has 0 fully saturated rings. The molecular weight excluding hydrogens is 252 g/mol. The number of hydrogen-bond donors (Lipinski definition) is 2. The number of carbonyl (C=O) groups excluding carboxylic acids is 1. The van der Waals surface area contributed by atoms with Crippen LogP contribution in [-0.2, 0) is 0 Å². The molecule has 2 N–H and O–H groups in total. The highest BCUT2D eigenvalue weighted by Gasteiger charge is 2.06. The predicted molar refractivity (Wildman–Crippen MR) is 85.3 cm³/mol. The molecule has 0 rings (SSSR count). The highest BCUT2D eigenvalue weighted by atomic mass is 16.2. The quantitative estimate of drug-likeness (QED) is 0.420. The molecule has 0 unspecified atom stereocenters. The molecular formula is C15H26N4O. The van der Waals surface area contributed by atoms with Gasteiger partial charge in [0, 0.05) is 26.2 Å². The van der Waals surface area contributed by atoms with Crippen molar-refractivity contribution in [1.82, 2.24) is 20.4 Å². The second-order valence-electron chi connectivity index (χ2n) is 4.23. The summed E-state index contributed by atoms with van der Waals surface area (Å²) < 4.78 is 0. The van der Waals surface area contributed by atoms with Crippen LogP contribution in [0.15, 0.2) is 50.6 Å². The van der Waals surface area contributed by atoms with E-state index in [1.807, 2.05) is 9.80 Å². The summed E-state index contributed by atoms with van der Waals surface area (Å²) in [6.45, 7) is 18.4. The van der Waals surface area contributed by atoms with Crippen LogP contribution in [-0.4, -0.2) is 55.3 Å². The van der Waals surface area contributed by atoms with Crippen molar-refractivity contribution in [2.45, 2.75) is 0 Å². The summed E-state index contributed by atoms with van der Waals surface area (Å²) in [5.74, 6) is 0. The second kappa shape index (κ2) is 12.2. The average Bonchev–Trinajstić information content (AvgIpc) is 2.43. The molecule has 0 aliphatic heterocycles. The third kappa shape index (κ3) is 9.13. The Morgan fingerprint density at radius 1 is 0.750 bits per heavy atom. The Bertz CT molecular complexity index is 278. The minimum Gasteiger partial charge on any atom is -0.325 e. The molecule has 5 heteroatoms. The molecule has 0 saturated heterocycles. The highest BCUT2D eigenvalue weighted by molar-refractivity contribution is 5.73. The van der Waals surface area contributed by atoms with Gasteiger partial charge in [0.25, 0.3) is 0 Å². The first-order valence-electron chi connectivity index (χ1n) is 6.57. The zero-order chi connectivity index (χ0) is 15.2. The average molecular weight is 278 g/mol. The van der Waals surface area contributed by atoms with Gasteiger partial charge in [0.05, 0.1) is 13.3 Å². The van der Waals surface area contributed by atoms with E-state index in [9.17, 15) is 4.79 Å². The molecule has 0 saturated carbocycles. The van der Waals surface area contributed by atoms with Crippen LogP contribution < -0.4 is 10.6 Å². The molecule has 2 amide bonds. The van der Waals surface area contributed by atoms with Crippen molar-refractivity contribution >= 4 is 6.03 Å². The van der Waals surface area contributed by atoms with Crippen LogP contribution in [0.25, 0.3) is 0 Å². The maximum Gasteiger partial charge on any atom is 0.316 e. The maximum absolute atomic E-state index is 11.7. The van der Waals surface area contributed by atoms with Crippen molar-refractivity contribution in [2.24, 2.45) is 0 Å². The van der Waals surface area contributed by atoms with Crippen LogP contribution in [0.4, 0.5) is 4.79 Å². The van der Waals surface area contributed by atoms with Crippen molar-refractivity contribution in [1.29, 1.82) is 0 Å². The molecule has 0 atom stereocenters. The predicted octanol–water partition coefficient (Wildman–Crippen LogP) is 1.55. The molecule has 0 aromatic rings. The van der Waals surface area contributed by atoms with Gasteiger partial charge in [-0.15, -0.1) is 26.3 Å². The molecule has 0 aromatic carbocycles. The van der Waals surface area contributed by atoms with E-state index in [1.165, 1.54) is 0 Å². The molecule has 20 heavy (non-hydrogen) atoms. The van der Waals surface area contributed by atoms with Gasteiger partial charge in [-0.2, -0.15) is 0 Å². The van der Waals surface area contributed by atoms with Crippen molar-refractivity contribution < 1.29 is 4.79 Å². The Morgan fingerprint density at radius 2 is 1.05 bits per heavy atom. The lowest BCUT2D eigenvalue weighted by molar-refractivity contribution is 0.219. The van der Waals surface area contributed by atoms with Gasteiger partial charge in [0.15, 0.2) is 0 Å². The van der Waals surface area contributed by atoms with Gasteiger partial charge in [-0.05, 0) is 0 Å². The lowest BCUT2D eigenvalue weighted by atomic mass is 10.5. The van der Waals surface area contributed by atoms with E-state index in [-0.39, 0.29) is 6.03 Å². The summed E-state index contributed by atoms with van der Waals surface area (Å²) in [5, 5.41) is 5.59. The summed E-state index contributed by atoms with van der Waals surface area (Å²) in [7, 11) is 0. The van der Waals surface area contributed by atoms with Crippen molar-refractivity contribution in [3.05, 3.63) is 50.6 Å². The van der Waals surface area contributed by atoms with E-state index in [1.54, 1.807) is 24.3 Å². The zero-order valence-electron chi connectivity index (χ0n) is 12.2. The standard InChI is InChI=1S/C15H26N4O/c1-5-9-18(10-6-2)13-16-15(20)17-14-19(11-7-3)12-8-4/h5-8H,1-4,9-14H2,(H2,16,17,20). The van der Waals surface area contributed by atoms with Crippen LogP contribution in [0.3, 0.4) is 0 Å². The van der Waals surface area contributed by atoms with E-state index in [0.717, 1.165) is 0 Å². The molecule has 5 nitrogen and oxygen atoms in total. The third-order valence-corrected chi connectivity index (χ3v) is 2.48. The number of hydrogen-bond acceptors (Lipinski definition) is 3. The van der Waals surface area contributed by atoms with E-state index < -0.39 is 0 Å². The van der Waals surface area contributed by atoms with Gasteiger partial charge in [-0.1, -0.05) is 24.3 Å². The lowest BCUT2D eigenvalue weighted by Gasteiger charge is -2.22. The van der Waals surface area contributed by atoms with Crippen LogP contribution in [0, 0.1) is 0 Å². The number of rotatable bonds is 12. The highest BCUT2D eigenvalue weighted by Crippen LogP contribution is 1.88. The van der Waals surface area contributed by atoms with Gasteiger partial charge >= 0.3 is 6.03 Å². The van der Waals surface area contributed by atoms with Crippen LogP contribution in [0.5, 0.6) is 0 Å². The molecule has 0 heterocycles. The van der Waals surface area contributed by atoms with Gasteiger partial charge in [0.2, 0.25) is 0 Å². The fourth-order valence-electron chi connectivity index (χ4n) is 1.57. The summed E-state index contributed by atoms with van der Waals surface area (Å²) >= 11 is 0. The Hall–Kier alpha value is -1.85. The van der Waals surface area contributed by atoms with Crippen LogP contribution in [0.1, 0.15) is 0 Å². The minimum atomic E-state index is -0.207. The van der Waals surface area contributed by atoms with Gasteiger partial charge in [0.1, 0.15) is 0 Å². The molecule has 0 radical (unpaired) electrons. The van der Waals surface area contributed by atoms with Gasteiger partial charge in [-0.25, -0.2) is 4.79 Å². The van der Waals surface area contributed by atoms with E-state index in [4.69, 9.17) is 0 Å². The first kappa shape index (κ1) is 18.1. The topological polar surface area (TPSA) is 47.6 Å². The zero-order valence-corrected chi connectivity index (χ0v) is 12.2. The van der Waals surface area contributed by atoms with Crippen molar-refractivity contribution in [3.63, 3.8) is 0 Å². The molecule has 0 aromatic heterocycles. The largest absolute Gasteiger partial charge is 0.325 e. The first-order valence-corrected chi connectivity index (χ1v) is 6.57. The molecule has 0 bridgehead atoms. The minimum absolute atomic E-state index is 0.207. The molecule has 0 spiro atoms. The first-order chi connectivity index (χ1) is 9.67. The Kier molecular flexibility index (Phi) is 11.1. The van der Waals surface area contributed by atoms with E-state index in [0.29, 0.717) is 39.5 Å². The van der Waals surface area contributed by atoms with Crippen LogP contribution >= 0.6 is 0 Å². The SMILES string of the molecule is C=CCN(CC=C)CNC(=O)NCN(CC=C)CC=C. The number of nitrogens with zero attached hydrogens (tertiary/aromatic N) is 2. The fourth-order valence-corrected chi connectivity index (χ4v) is 1.57. The number of amides is 2. The number of carbonyl (C=O) groups is 1. The van der Waals surface area contributed by atoms with Crippen molar-refractivity contribution in [2.75, 3.05) is 39.5 Å². The van der Waals surface area contributed by atoms with E-state index >= 15 is 0 Å². The Labute approximate surface area is 122 Å². The Morgan fingerprint density at radius 3 is 1.30 bits per heavy atom. The molecule has 0 aliphatic carbocycles. The smallest absolute Gasteiger partial charge is 0.316 e. The number of nitrogens with one attached hydrogen (secondary N) is 2. The van der Waals surface area contributed by atoms with Crippen LogP contribution in [0.2, 0.25) is 0 Å². The lowest BCUT2D eigenvalue weighted by Crippen LogP contribution is -2.46. The van der Waals surface area contributed by atoms with Crippen molar-refractivity contribution in [3.8, 4) is 0 Å². The summed E-state index contributed by atoms with van der Waals surface area (Å²) in [5.41, 5.74) is 0. The summed E-state index contributed by atoms with van der Waals surface area (Å²) in [6.07, 6.45) is 7.16. The van der Waals surface area contributed by atoms with E-state index in [2.05, 4.69) is 36.9 Å². The van der Waals surface area contributed by atoms with Gasteiger partial charge < -0.3 is 10.6 Å². The monoisotopic (exact) mass is 278 g/mol. The molecule has 112 valence electrons.